The fourth-order valence-electron chi connectivity index (χ4n) is 5.33. The van der Waals surface area contributed by atoms with Crippen LogP contribution in [0.2, 0.25) is 0 Å². The first-order valence-electron chi connectivity index (χ1n) is 8.20. The third kappa shape index (κ3) is 1.63. The van der Waals surface area contributed by atoms with Gasteiger partial charge in [-0.2, -0.15) is 0 Å². The molecule has 5 rings (SSSR count). The summed E-state index contributed by atoms with van der Waals surface area (Å²) in [6, 6.07) is 3.24. The number of rotatable bonds is 0. The van der Waals surface area contributed by atoms with Crippen LogP contribution in [-0.2, 0) is 11.8 Å². The normalized spacial score (nSPS) is 47.7. The first-order chi connectivity index (χ1) is 12.4. The number of aliphatic hydroxyl groups is 1. The second-order valence-corrected chi connectivity index (χ2v) is 10.6. The average molecular weight is 492 g/mol. The fourth-order valence-corrected chi connectivity index (χ4v) is 8.21. The largest absolute Gasteiger partial charge is 0.504 e. The van der Waals surface area contributed by atoms with Gasteiger partial charge in [0.15, 0.2) is 11.5 Å². The van der Waals surface area contributed by atoms with Crippen molar-refractivity contribution in [1.82, 2.24) is 4.90 Å². The lowest BCUT2D eigenvalue weighted by Crippen LogP contribution is -2.82. The fraction of sp³-hybridized carbons (Fsp3) is 0.529. The van der Waals surface area contributed by atoms with Crippen molar-refractivity contribution < 1.29 is 14.9 Å². The minimum atomic E-state index is -2.39. The van der Waals surface area contributed by atoms with E-state index in [0.29, 0.717) is 24.9 Å². The summed E-state index contributed by atoms with van der Waals surface area (Å²) in [5, 5.41) is 16.8. The molecular formula is C17H13Cl6NO3. The Labute approximate surface area is 185 Å². The number of hydrogen-bond donors (Lipinski definition) is 2. The first kappa shape index (κ1) is 19.2. The number of alkyl halides is 4. The number of nitrogens with zero attached hydrogens (tertiary/aromatic N) is 1. The van der Waals surface area contributed by atoms with Crippen LogP contribution in [0.1, 0.15) is 17.5 Å². The topological polar surface area (TPSA) is 52.9 Å². The lowest BCUT2D eigenvalue weighted by molar-refractivity contribution is -0.0912. The molecule has 146 valence electrons. The Morgan fingerprint density at radius 2 is 1.78 bits per heavy atom. The lowest BCUT2D eigenvalue weighted by atomic mass is 9.51. The number of piperidine rings is 1. The van der Waals surface area contributed by atoms with Gasteiger partial charge < -0.3 is 14.9 Å². The summed E-state index contributed by atoms with van der Waals surface area (Å²) in [4.78, 5) is -0.877. The summed E-state index contributed by atoms with van der Waals surface area (Å²) in [6.07, 6.45) is 0.625. The Hall–Kier alpha value is 0.220. The van der Waals surface area contributed by atoms with Gasteiger partial charge in [-0.25, -0.2) is 0 Å². The molecular weight excluding hydrogens is 479 g/mol. The van der Waals surface area contributed by atoms with Crippen molar-refractivity contribution in [2.24, 2.45) is 0 Å². The van der Waals surface area contributed by atoms with E-state index in [1.807, 2.05) is 11.9 Å². The second kappa shape index (κ2) is 5.09. The zero-order valence-corrected chi connectivity index (χ0v) is 18.3. The predicted molar refractivity (Wildman–Crippen MR) is 107 cm³/mol. The van der Waals surface area contributed by atoms with Crippen LogP contribution in [0.3, 0.4) is 0 Å². The number of phenols is 1. The van der Waals surface area contributed by atoms with Crippen molar-refractivity contribution in [3.63, 3.8) is 0 Å². The van der Waals surface area contributed by atoms with Crippen molar-refractivity contribution in [2.75, 3.05) is 13.6 Å². The molecule has 4 aliphatic rings. The molecule has 2 aliphatic heterocycles. The van der Waals surface area contributed by atoms with Crippen molar-refractivity contribution in [2.45, 2.75) is 38.2 Å². The lowest BCUT2D eigenvalue weighted by Gasteiger charge is -2.68. The number of aromatic hydroxyl groups is 1. The zero-order chi connectivity index (χ0) is 19.8. The van der Waals surface area contributed by atoms with E-state index in [0.717, 1.165) is 5.56 Å². The summed E-state index contributed by atoms with van der Waals surface area (Å²) >= 11 is 40.9. The molecule has 4 nitrogen and oxygen atoms in total. The number of hydrogen-bond acceptors (Lipinski definition) is 4. The van der Waals surface area contributed by atoms with Gasteiger partial charge in [0.05, 0.1) is 15.5 Å². The Balaban J connectivity index is 2.03. The third-order valence-electron chi connectivity index (χ3n) is 6.62. The highest BCUT2D eigenvalue weighted by molar-refractivity contribution is 6.53. The SMILES string of the molecule is CN1CC[C@]23c4c5ccc(O)c4O[C@@]2(Cl)[C@](O)(Cl)C(Cl)=C(Cl)[C@@]3(Cl)[C@@]1(Cl)C5. The molecule has 10 heteroatoms. The number of likely N-dealkylation sites (N-methyl/N-ethyl adjacent to an activating group) is 1. The van der Waals surface area contributed by atoms with Gasteiger partial charge >= 0.3 is 0 Å². The Kier molecular flexibility index (Phi) is 3.62. The second-order valence-electron chi connectivity index (χ2n) is 7.57. The van der Waals surface area contributed by atoms with Crippen LogP contribution in [0, 0.1) is 0 Å². The van der Waals surface area contributed by atoms with Gasteiger partial charge in [-0.1, -0.05) is 64.1 Å². The molecule has 1 saturated heterocycles. The molecule has 0 unspecified atom stereocenters. The summed E-state index contributed by atoms with van der Waals surface area (Å²) in [6.45, 7) is 0.485. The van der Waals surface area contributed by atoms with E-state index < -0.39 is 25.4 Å². The maximum absolute atomic E-state index is 11.1. The first-order valence-corrected chi connectivity index (χ1v) is 10.5. The van der Waals surface area contributed by atoms with E-state index in [1.54, 1.807) is 6.07 Å². The van der Waals surface area contributed by atoms with Crippen molar-refractivity contribution in [3.05, 3.63) is 33.3 Å². The van der Waals surface area contributed by atoms with Crippen LogP contribution in [0.25, 0.3) is 0 Å². The molecule has 2 N–H and O–H groups in total. The van der Waals surface area contributed by atoms with E-state index in [2.05, 4.69) is 0 Å². The number of halogens is 6. The summed E-state index contributed by atoms with van der Waals surface area (Å²) < 4.78 is 5.97. The molecule has 0 saturated carbocycles. The van der Waals surface area contributed by atoms with Crippen LogP contribution in [0.5, 0.6) is 11.5 Å². The van der Waals surface area contributed by atoms with E-state index >= 15 is 0 Å². The van der Waals surface area contributed by atoms with Crippen LogP contribution in [0.15, 0.2) is 22.2 Å². The molecule has 2 heterocycles. The Morgan fingerprint density at radius 3 is 2.44 bits per heavy atom. The highest BCUT2D eigenvalue weighted by Crippen LogP contribution is 2.78. The maximum Gasteiger partial charge on any atom is 0.242 e. The van der Waals surface area contributed by atoms with Gasteiger partial charge in [0.25, 0.3) is 0 Å². The van der Waals surface area contributed by atoms with Gasteiger partial charge in [-0.15, -0.1) is 11.6 Å². The van der Waals surface area contributed by atoms with E-state index in [4.69, 9.17) is 74.3 Å². The van der Waals surface area contributed by atoms with Crippen LogP contribution < -0.4 is 4.74 Å². The van der Waals surface area contributed by atoms with Gasteiger partial charge in [0, 0.05) is 18.5 Å². The summed E-state index contributed by atoms with van der Waals surface area (Å²) in [5.74, 6) is -0.0250. The molecule has 1 aromatic rings. The van der Waals surface area contributed by atoms with Crippen molar-refractivity contribution in [3.8, 4) is 11.5 Å². The number of benzene rings is 1. The Morgan fingerprint density at radius 1 is 1.11 bits per heavy atom. The maximum atomic E-state index is 11.1. The van der Waals surface area contributed by atoms with Crippen LogP contribution in [0.4, 0.5) is 0 Å². The quantitative estimate of drug-likeness (QED) is 0.417. The van der Waals surface area contributed by atoms with Gasteiger partial charge in [0.1, 0.15) is 9.87 Å². The van der Waals surface area contributed by atoms with E-state index in [-0.39, 0.29) is 21.6 Å². The molecule has 0 aromatic heterocycles. The Bertz CT molecular complexity index is 953. The molecule has 2 aliphatic carbocycles. The molecule has 0 radical (unpaired) electrons. The van der Waals surface area contributed by atoms with E-state index in [9.17, 15) is 10.2 Å². The summed E-state index contributed by atoms with van der Waals surface area (Å²) in [7, 11) is 1.83. The van der Waals surface area contributed by atoms with Gasteiger partial charge in [0.2, 0.25) is 10.1 Å². The standard InChI is InChI=1S/C17H13Cl6NO3/c1-24-5-4-13-9-7-2-3-8(25)10(9)27-17(13,23)16(22,26)12(19)11(18)15(13,21)14(24,20)6-7/h2-3,25-26H,4-6H2,1H3/t13-,14-,15+,16+,17-/m1/s1. The number of likely N-dealkylation sites (tertiary alicyclic amines) is 1. The van der Waals surface area contributed by atoms with Crippen LogP contribution in [-0.4, -0.2) is 48.7 Å². The number of phenolic OH excluding ortho intramolecular Hbond substituents is 1. The van der Waals surface area contributed by atoms with Crippen molar-refractivity contribution in [1.29, 1.82) is 0 Å². The monoisotopic (exact) mass is 489 g/mol. The van der Waals surface area contributed by atoms with E-state index in [1.165, 1.54) is 6.07 Å². The third-order valence-corrected chi connectivity index (χ3v) is 10.7. The number of ether oxygens (including phenoxy) is 1. The smallest absolute Gasteiger partial charge is 0.242 e. The minimum absolute atomic E-state index is 0.0772. The highest BCUT2D eigenvalue weighted by Gasteiger charge is 2.87. The molecule has 2 bridgehead atoms. The molecule has 27 heavy (non-hydrogen) atoms. The highest BCUT2D eigenvalue weighted by atomic mass is 35.5. The predicted octanol–water partition coefficient (Wildman–Crippen LogP) is 4.39. The molecule has 5 atom stereocenters. The average Bonchev–Trinajstić information content (AvgIpc) is 2.89. The molecule has 1 aromatic carbocycles. The van der Waals surface area contributed by atoms with Crippen LogP contribution >= 0.6 is 69.6 Å². The minimum Gasteiger partial charge on any atom is -0.504 e. The molecule has 1 spiro atoms. The van der Waals surface area contributed by atoms with Crippen molar-refractivity contribution >= 4 is 69.6 Å². The molecule has 0 amide bonds. The van der Waals surface area contributed by atoms with Gasteiger partial charge in [-0.3, -0.25) is 4.90 Å². The molecule has 1 fully saturated rings. The summed E-state index contributed by atoms with van der Waals surface area (Å²) in [5.41, 5.74) is 0.0294. The van der Waals surface area contributed by atoms with Gasteiger partial charge in [-0.05, 0) is 25.1 Å². The zero-order valence-electron chi connectivity index (χ0n) is 13.8.